The minimum Gasteiger partial charge on any atom is -0.354 e. The minimum atomic E-state index is 1.15. The number of aromatic nitrogens is 3. The van der Waals surface area contributed by atoms with Gasteiger partial charge in [0.1, 0.15) is 0 Å². The van der Waals surface area contributed by atoms with Crippen molar-refractivity contribution in [1.82, 2.24) is 14.1 Å². The van der Waals surface area contributed by atoms with E-state index < -0.39 is 0 Å². The first kappa shape index (κ1) is 14.2. The fourth-order valence-electron chi connectivity index (χ4n) is 3.82. The molecule has 3 nitrogen and oxygen atoms in total. The van der Waals surface area contributed by atoms with Gasteiger partial charge in [0.25, 0.3) is 0 Å². The molecule has 3 heterocycles. The standard InChI is InChI=1S/C22H19N3/c1-24-13-17(15-7-3-5-9-21(15)24)19-11-12-20(23-19)18-14-25(2)22-10-6-4-8-16(18)22/h3-14,23H,1-2H3. The fraction of sp³-hybridized carbons (Fsp3) is 0.0909. The lowest BCUT2D eigenvalue weighted by Gasteiger charge is -1.98. The number of para-hydroxylation sites is 2. The molecule has 2 aromatic carbocycles. The highest BCUT2D eigenvalue weighted by Gasteiger charge is 2.13. The molecule has 0 aliphatic rings. The van der Waals surface area contributed by atoms with Crippen molar-refractivity contribution in [3.05, 3.63) is 73.1 Å². The first-order valence-corrected chi connectivity index (χ1v) is 8.50. The van der Waals surface area contributed by atoms with Gasteiger partial charge in [0.2, 0.25) is 0 Å². The van der Waals surface area contributed by atoms with E-state index >= 15 is 0 Å². The molecule has 0 radical (unpaired) electrons. The van der Waals surface area contributed by atoms with Gasteiger partial charge in [-0.15, -0.1) is 0 Å². The normalized spacial score (nSPS) is 11.6. The Morgan fingerprint density at radius 3 is 1.52 bits per heavy atom. The van der Waals surface area contributed by atoms with E-state index in [-0.39, 0.29) is 0 Å². The van der Waals surface area contributed by atoms with Crippen LogP contribution >= 0.6 is 0 Å². The number of nitrogens with one attached hydrogen (secondary N) is 1. The van der Waals surface area contributed by atoms with Crippen LogP contribution < -0.4 is 0 Å². The highest BCUT2D eigenvalue weighted by atomic mass is 14.9. The Morgan fingerprint density at radius 1 is 0.600 bits per heavy atom. The van der Waals surface area contributed by atoms with Crippen LogP contribution in [0.1, 0.15) is 0 Å². The quantitative estimate of drug-likeness (QED) is 0.454. The molecule has 0 saturated carbocycles. The third-order valence-electron chi connectivity index (χ3n) is 5.06. The van der Waals surface area contributed by atoms with Gasteiger partial charge in [0, 0.05) is 70.8 Å². The molecule has 122 valence electrons. The van der Waals surface area contributed by atoms with Gasteiger partial charge in [-0.3, -0.25) is 0 Å². The first-order valence-electron chi connectivity index (χ1n) is 8.50. The second kappa shape index (κ2) is 5.15. The zero-order chi connectivity index (χ0) is 17.0. The van der Waals surface area contributed by atoms with Gasteiger partial charge in [-0.1, -0.05) is 36.4 Å². The summed E-state index contributed by atoms with van der Waals surface area (Å²) in [6.45, 7) is 0. The Morgan fingerprint density at radius 2 is 1.04 bits per heavy atom. The Bertz CT molecular complexity index is 1120. The summed E-state index contributed by atoms with van der Waals surface area (Å²) < 4.78 is 4.37. The summed E-state index contributed by atoms with van der Waals surface area (Å²) in [7, 11) is 4.20. The van der Waals surface area contributed by atoms with Gasteiger partial charge in [-0.05, 0) is 24.3 Å². The molecule has 0 unspecified atom stereocenters. The molecule has 0 amide bonds. The molecular formula is C22H19N3. The van der Waals surface area contributed by atoms with E-state index in [0.29, 0.717) is 0 Å². The molecule has 0 bridgehead atoms. The summed E-state index contributed by atoms with van der Waals surface area (Å²) in [6.07, 6.45) is 4.40. The van der Waals surface area contributed by atoms with Gasteiger partial charge in [-0.2, -0.15) is 0 Å². The number of hydrogen-bond donors (Lipinski definition) is 1. The molecule has 25 heavy (non-hydrogen) atoms. The van der Waals surface area contributed by atoms with Crippen LogP contribution in [-0.2, 0) is 14.1 Å². The van der Waals surface area contributed by atoms with Crippen molar-refractivity contribution in [2.75, 3.05) is 0 Å². The summed E-state index contributed by atoms with van der Waals surface area (Å²) in [6, 6.07) is 21.4. The Balaban J connectivity index is 1.68. The second-order valence-corrected chi connectivity index (χ2v) is 6.63. The number of benzene rings is 2. The molecule has 0 fully saturated rings. The van der Waals surface area contributed by atoms with Crippen molar-refractivity contribution in [1.29, 1.82) is 0 Å². The van der Waals surface area contributed by atoms with E-state index in [1.807, 2.05) is 0 Å². The van der Waals surface area contributed by atoms with Crippen molar-refractivity contribution >= 4 is 21.8 Å². The third kappa shape index (κ3) is 2.06. The maximum absolute atomic E-state index is 3.63. The molecule has 5 aromatic rings. The lowest BCUT2D eigenvalue weighted by atomic mass is 10.1. The predicted molar refractivity (Wildman–Crippen MR) is 105 cm³/mol. The van der Waals surface area contributed by atoms with E-state index in [4.69, 9.17) is 0 Å². The smallest absolute Gasteiger partial charge is 0.0484 e. The number of aromatic amines is 1. The topological polar surface area (TPSA) is 25.6 Å². The van der Waals surface area contributed by atoms with Crippen LogP contribution in [0.25, 0.3) is 44.3 Å². The molecule has 1 N–H and O–H groups in total. The largest absolute Gasteiger partial charge is 0.354 e. The van der Waals surface area contributed by atoms with Crippen LogP contribution in [0.5, 0.6) is 0 Å². The van der Waals surface area contributed by atoms with Crippen molar-refractivity contribution < 1.29 is 0 Å². The molecule has 0 saturated heterocycles. The predicted octanol–water partition coefficient (Wildman–Crippen LogP) is 5.33. The zero-order valence-electron chi connectivity index (χ0n) is 14.3. The lowest BCUT2D eigenvalue weighted by molar-refractivity contribution is 0.969. The zero-order valence-corrected chi connectivity index (χ0v) is 14.3. The second-order valence-electron chi connectivity index (χ2n) is 6.63. The van der Waals surface area contributed by atoms with Gasteiger partial charge < -0.3 is 14.1 Å². The summed E-state index contributed by atoms with van der Waals surface area (Å²) in [4.78, 5) is 3.63. The van der Waals surface area contributed by atoms with E-state index in [1.54, 1.807) is 0 Å². The summed E-state index contributed by atoms with van der Waals surface area (Å²) >= 11 is 0. The van der Waals surface area contributed by atoms with Crippen molar-refractivity contribution in [2.45, 2.75) is 0 Å². The first-order chi connectivity index (χ1) is 12.2. The van der Waals surface area contributed by atoms with E-state index in [2.05, 4.69) is 101 Å². The fourth-order valence-corrected chi connectivity index (χ4v) is 3.82. The number of H-pyrrole nitrogens is 1. The van der Waals surface area contributed by atoms with Crippen LogP contribution in [0.4, 0.5) is 0 Å². The van der Waals surface area contributed by atoms with Gasteiger partial charge in [-0.25, -0.2) is 0 Å². The monoisotopic (exact) mass is 325 g/mol. The molecule has 5 rings (SSSR count). The lowest BCUT2D eigenvalue weighted by Crippen LogP contribution is -1.82. The number of hydrogen-bond acceptors (Lipinski definition) is 0. The van der Waals surface area contributed by atoms with Crippen molar-refractivity contribution in [3.8, 4) is 22.5 Å². The van der Waals surface area contributed by atoms with Crippen LogP contribution in [0, 0.1) is 0 Å². The highest BCUT2D eigenvalue weighted by molar-refractivity contribution is 5.98. The Labute approximate surface area is 146 Å². The van der Waals surface area contributed by atoms with Crippen LogP contribution in [0.15, 0.2) is 73.1 Å². The average molecular weight is 325 g/mol. The van der Waals surface area contributed by atoms with Gasteiger partial charge in [0.05, 0.1) is 0 Å². The number of rotatable bonds is 2. The van der Waals surface area contributed by atoms with Crippen LogP contribution in [0.3, 0.4) is 0 Å². The number of aryl methyl sites for hydroxylation is 2. The maximum Gasteiger partial charge on any atom is 0.0484 e. The van der Waals surface area contributed by atoms with E-state index in [1.165, 1.54) is 32.9 Å². The molecule has 0 spiro atoms. The summed E-state index contributed by atoms with van der Waals surface area (Å²) in [5.74, 6) is 0. The van der Waals surface area contributed by atoms with Crippen LogP contribution in [-0.4, -0.2) is 14.1 Å². The molecule has 0 aliphatic carbocycles. The van der Waals surface area contributed by atoms with Crippen LogP contribution in [0.2, 0.25) is 0 Å². The summed E-state index contributed by atoms with van der Waals surface area (Å²) in [5.41, 5.74) is 7.28. The van der Waals surface area contributed by atoms with Gasteiger partial charge >= 0.3 is 0 Å². The SMILES string of the molecule is Cn1cc(-c2ccc(-c3cn(C)c4ccccc34)[nH]2)c2ccccc21. The number of nitrogens with zero attached hydrogens (tertiary/aromatic N) is 2. The molecule has 0 atom stereocenters. The average Bonchev–Trinajstić information content (AvgIpc) is 3.33. The Hall–Kier alpha value is -3.20. The highest BCUT2D eigenvalue weighted by Crippen LogP contribution is 2.34. The molecular weight excluding hydrogens is 306 g/mol. The number of fused-ring (bicyclic) bond motifs is 2. The summed E-state index contributed by atoms with van der Waals surface area (Å²) in [5, 5.41) is 2.55. The Kier molecular flexibility index (Phi) is 2.92. The van der Waals surface area contributed by atoms with Gasteiger partial charge in [0.15, 0.2) is 0 Å². The van der Waals surface area contributed by atoms with E-state index in [9.17, 15) is 0 Å². The minimum absolute atomic E-state index is 1.15. The van der Waals surface area contributed by atoms with Crippen molar-refractivity contribution in [3.63, 3.8) is 0 Å². The molecule has 3 heteroatoms. The van der Waals surface area contributed by atoms with Crippen molar-refractivity contribution in [2.24, 2.45) is 14.1 Å². The maximum atomic E-state index is 3.63. The molecule has 3 aromatic heterocycles. The molecule has 0 aliphatic heterocycles. The third-order valence-corrected chi connectivity index (χ3v) is 5.06. The van der Waals surface area contributed by atoms with E-state index in [0.717, 1.165) is 11.4 Å².